The van der Waals surface area contributed by atoms with E-state index in [1.54, 1.807) is 20.4 Å². The number of halogens is 1. The van der Waals surface area contributed by atoms with E-state index in [1.807, 2.05) is 12.1 Å². The van der Waals surface area contributed by atoms with Crippen molar-refractivity contribution in [1.29, 1.82) is 0 Å². The number of aryl methyl sites for hydroxylation is 1. The van der Waals surface area contributed by atoms with Crippen LogP contribution in [0.2, 0.25) is 5.15 Å². The molecule has 2 bridgehead atoms. The van der Waals surface area contributed by atoms with Crippen molar-refractivity contribution >= 4 is 11.6 Å². The molecule has 1 fully saturated rings. The molecule has 5 nitrogen and oxygen atoms in total. The number of methoxy groups -OCH3 is 1. The zero-order valence-corrected chi connectivity index (χ0v) is 15.7. The van der Waals surface area contributed by atoms with E-state index < -0.39 is 11.9 Å². The lowest BCUT2D eigenvalue weighted by Gasteiger charge is -2.40. The van der Waals surface area contributed by atoms with Crippen LogP contribution in [0.5, 0.6) is 5.75 Å². The molecule has 1 aromatic heterocycles. The molecule has 3 atom stereocenters. The van der Waals surface area contributed by atoms with Crippen LogP contribution in [0.4, 0.5) is 0 Å². The van der Waals surface area contributed by atoms with Crippen LogP contribution in [-0.4, -0.2) is 22.0 Å². The number of aromatic nitrogens is 2. The lowest BCUT2D eigenvalue weighted by molar-refractivity contribution is -0.224. The first-order chi connectivity index (χ1) is 11.8. The molecule has 1 aromatic carbocycles. The normalized spacial score (nSPS) is 27.4. The number of nitrogens with zero attached hydrogens (tertiary/aromatic N) is 2. The Kier molecular flexibility index (Phi) is 3.69. The molecule has 6 heteroatoms. The van der Waals surface area contributed by atoms with Gasteiger partial charge in [0.2, 0.25) is 0 Å². The predicted molar refractivity (Wildman–Crippen MR) is 94.7 cm³/mol. The second-order valence-corrected chi connectivity index (χ2v) is 7.91. The molecule has 0 saturated heterocycles. The van der Waals surface area contributed by atoms with Crippen LogP contribution in [0.1, 0.15) is 55.6 Å². The van der Waals surface area contributed by atoms with Gasteiger partial charge >= 0.3 is 0 Å². The third kappa shape index (κ3) is 2.06. The Morgan fingerprint density at radius 1 is 1.40 bits per heavy atom. The standard InChI is InChI=1S/C19H23ClN2O3/c1-18(2)13-8-9-19(18,15-11(13)6-5-7-14(15)24-4)25-17(23)12-10-21-22(3)16(12)20/h5-7,10,13,17,23H,8-9H2,1-4H3. The molecule has 2 aliphatic rings. The summed E-state index contributed by atoms with van der Waals surface area (Å²) in [4.78, 5) is 0. The number of aliphatic hydroxyl groups is 1. The number of aliphatic hydroxyl groups excluding tert-OH is 1. The van der Waals surface area contributed by atoms with Crippen molar-refractivity contribution < 1.29 is 14.6 Å². The number of benzene rings is 1. The van der Waals surface area contributed by atoms with Gasteiger partial charge < -0.3 is 14.6 Å². The Bertz CT molecular complexity index is 832. The summed E-state index contributed by atoms with van der Waals surface area (Å²) in [5, 5.41) is 15.3. The Morgan fingerprint density at radius 3 is 2.80 bits per heavy atom. The first-order valence-electron chi connectivity index (χ1n) is 8.54. The summed E-state index contributed by atoms with van der Waals surface area (Å²) in [6.07, 6.45) is 2.28. The highest BCUT2D eigenvalue weighted by Gasteiger charge is 2.65. The van der Waals surface area contributed by atoms with Gasteiger partial charge in [-0.1, -0.05) is 37.6 Å². The van der Waals surface area contributed by atoms with Gasteiger partial charge in [-0.25, -0.2) is 0 Å². The summed E-state index contributed by atoms with van der Waals surface area (Å²) < 4.78 is 13.6. The second kappa shape index (κ2) is 5.47. The van der Waals surface area contributed by atoms with Crippen molar-refractivity contribution in [3.63, 3.8) is 0 Å². The molecule has 1 heterocycles. The lowest BCUT2D eigenvalue weighted by Crippen LogP contribution is -2.39. The number of fused-ring (bicyclic) bond motifs is 5. The van der Waals surface area contributed by atoms with Crippen molar-refractivity contribution in [3.8, 4) is 5.75 Å². The van der Waals surface area contributed by atoms with Crippen LogP contribution in [-0.2, 0) is 17.4 Å². The van der Waals surface area contributed by atoms with Crippen molar-refractivity contribution in [2.75, 3.05) is 7.11 Å². The molecule has 0 aliphatic heterocycles. The Labute approximate surface area is 152 Å². The summed E-state index contributed by atoms with van der Waals surface area (Å²) in [5.74, 6) is 1.20. The number of ether oxygens (including phenoxy) is 2. The molecule has 4 rings (SSSR count). The van der Waals surface area contributed by atoms with Gasteiger partial charge in [0.25, 0.3) is 0 Å². The summed E-state index contributed by atoms with van der Waals surface area (Å²) in [7, 11) is 3.41. The zero-order chi connectivity index (χ0) is 18.0. The Morgan fingerprint density at radius 2 is 2.16 bits per heavy atom. The van der Waals surface area contributed by atoms with Gasteiger partial charge in [-0.15, -0.1) is 0 Å². The summed E-state index contributed by atoms with van der Waals surface area (Å²) in [6.45, 7) is 4.42. The Balaban J connectivity index is 1.82. The quantitative estimate of drug-likeness (QED) is 0.838. The molecule has 25 heavy (non-hydrogen) atoms. The second-order valence-electron chi connectivity index (χ2n) is 7.55. The first-order valence-corrected chi connectivity index (χ1v) is 8.92. The highest BCUT2D eigenvalue weighted by atomic mass is 35.5. The zero-order valence-electron chi connectivity index (χ0n) is 14.9. The van der Waals surface area contributed by atoms with Crippen LogP contribution in [0.15, 0.2) is 24.4 Å². The fraction of sp³-hybridized carbons (Fsp3) is 0.526. The maximum atomic E-state index is 10.8. The summed E-state index contributed by atoms with van der Waals surface area (Å²) in [6, 6.07) is 6.14. The molecule has 134 valence electrons. The maximum Gasteiger partial charge on any atom is 0.186 e. The minimum atomic E-state index is -1.14. The molecule has 2 aliphatic carbocycles. The molecular formula is C19H23ClN2O3. The minimum Gasteiger partial charge on any atom is -0.496 e. The highest BCUT2D eigenvalue weighted by molar-refractivity contribution is 6.30. The number of hydrogen-bond acceptors (Lipinski definition) is 4. The topological polar surface area (TPSA) is 56.5 Å². The third-order valence-electron chi connectivity index (χ3n) is 6.23. The van der Waals surface area contributed by atoms with E-state index >= 15 is 0 Å². The van der Waals surface area contributed by atoms with Gasteiger partial charge in [0.05, 0.1) is 18.9 Å². The van der Waals surface area contributed by atoms with Gasteiger partial charge in [-0.2, -0.15) is 5.10 Å². The van der Waals surface area contributed by atoms with Crippen molar-refractivity contribution in [2.24, 2.45) is 12.5 Å². The van der Waals surface area contributed by atoms with E-state index in [0.717, 1.165) is 24.2 Å². The molecule has 0 radical (unpaired) electrons. The van der Waals surface area contributed by atoms with E-state index in [-0.39, 0.29) is 5.41 Å². The molecule has 2 aromatic rings. The molecule has 1 N–H and O–H groups in total. The predicted octanol–water partition coefficient (Wildman–Crippen LogP) is 3.90. The molecule has 0 amide bonds. The van der Waals surface area contributed by atoms with E-state index in [2.05, 4.69) is 25.0 Å². The van der Waals surface area contributed by atoms with Gasteiger partial charge in [-0.05, 0) is 30.4 Å². The van der Waals surface area contributed by atoms with Crippen LogP contribution in [0, 0.1) is 5.41 Å². The lowest BCUT2D eigenvalue weighted by atomic mass is 9.76. The fourth-order valence-electron chi connectivity index (χ4n) is 4.87. The van der Waals surface area contributed by atoms with Crippen LogP contribution >= 0.6 is 11.6 Å². The van der Waals surface area contributed by atoms with E-state index in [0.29, 0.717) is 16.6 Å². The van der Waals surface area contributed by atoms with Gasteiger partial charge in [0.1, 0.15) is 16.5 Å². The van der Waals surface area contributed by atoms with E-state index in [9.17, 15) is 5.11 Å². The first kappa shape index (κ1) is 16.9. The smallest absolute Gasteiger partial charge is 0.186 e. The molecule has 1 saturated carbocycles. The maximum absolute atomic E-state index is 10.8. The SMILES string of the molecule is COc1cccc2c1C1(OC(O)c3cnn(C)c3Cl)CCC2C1(C)C. The fourth-order valence-corrected chi connectivity index (χ4v) is 5.06. The molecule has 3 unspecified atom stereocenters. The van der Waals surface area contributed by atoms with Crippen LogP contribution < -0.4 is 4.74 Å². The monoisotopic (exact) mass is 362 g/mol. The van der Waals surface area contributed by atoms with Crippen LogP contribution in [0.25, 0.3) is 0 Å². The molecule has 0 spiro atoms. The van der Waals surface area contributed by atoms with Crippen molar-refractivity contribution in [2.45, 2.75) is 44.5 Å². The highest BCUT2D eigenvalue weighted by Crippen LogP contribution is 2.70. The summed E-state index contributed by atoms with van der Waals surface area (Å²) >= 11 is 6.25. The van der Waals surface area contributed by atoms with Gasteiger partial charge in [0.15, 0.2) is 6.29 Å². The third-order valence-corrected chi connectivity index (χ3v) is 6.69. The number of hydrogen-bond donors (Lipinski definition) is 1. The molecular weight excluding hydrogens is 340 g/mol. The van der Waals surface area contributed by atoms with E-state index in [4.69, 9.17) is 21.1 Å². The average Bonchev–Trinajstić information content (AvgIpc) is 3.11. The van der Waals surface area contributed by atoms with Gasteiger partial charge in [0, 0.05) is 18.0 Å². The van der Waals surface area contributed by atoms with Crippen molar-refractivity contribution in [3.05, 3.63) is 46.2 Å². The largest absolute Gasteiger partial charge is 0.496 e. The van der Waals surface area contributed by atoms with Crippen molar-refractivity contribution in [1.82, 2.24) is 9.78 Å². The van der Waals surface area contributed by atoms with E-state index in [1.165, 1.54) is 10.2 Å². The van der Waals surface area contributed by atoms with Crippen LogP contribution in [0.3, 0.4) is 0 Å². The number of rotatable bonds is 4. The Hall–Kier alpha value is -1.56. The summed E-state index contributed by atoms with van der Waals surface area (Å²) in [5.41, 5.74) is 2.05. The van der Waals surface area contributed by atoms with Gasteiger partial charge in [-0.3, -0.25) is 4.68 Å². The minimum absolute atomic E-state index is 0.153. The average molecular weight is 363 g/mol.